The topological polar surface area (TPSA) is 21.3 Å². The number of rotatable bonds is 9. The molecule has 0 aromatic heterocycles. The van der Waals surface area contributed by atoms with Crippen LogP contribution >= 0.6 is 15.9 Å². The zero-order chi connectivity index (χ0) is 14.1. The molecule has 108 valence electrons. The van der Waals surface area contributed by atoms with Gasteiger partial charge in [-0.1, -0.05) is 36.2 Å². The summed E-state index contributed by atoms with van der Waals surface area (Å²) in [6.07, 6.45) is 5.95. The van der Waals surface area contributed by atoms with Gasteiger partial charge < -0.3 is 10.1 Å². The van der Waals surface area contributed by atoms with E-state index in [0.29, 0.717) is 6.04 Å². The summed E-state index contributed by atoms with van der Waals surface area (Å²) in [5, 5.41) is 3.64. The molecule has 0 aliphatic rings. The van der Waals surface area contributed by atoms with E-state index in [2.05, 4.69) is 47.2 Å². The molecule has 3 heteroatoms. The first-order valence-corrected chi connectivity index (χ1v) is 8.06. The van der Waals surface area contributed by atoms with Gasteiger partial charge in [0.25, 0.3) is 0 Å². The number of nitrogens with one attached hydrogen (secondary N) is 1. The first-order valence-electron chi connectivity index (χ1n) is 7.27. The highest BCUT2D eigenvalue weighted by Crippen LogP contribution is 2.24. The Hall–Kier alpha value is -0.540. The highest BCUT2D eigenvalue weighted by Gasteiger charge is 2.09. The average Bonchev–Trinajstić information content (AvgIpc) is 2.43. The van der Waals surface area contributed by atoms with Crippen LogP contribution in [0.5, 0.6) is 5.75 Å². The number of benzene rings is 1. The third kappa shape index (κ3) is 5.96. The van der Waals surface area contributed by atoms with E-state index in [1.54, 1.807) is 7.11 Å². The van der Waals surface area contributed by atoms with Gasteiger partial charge in [-0.15, -0.1) is 0 Å². The molecule has 1 N–H and O–H groups in total. The van der Waals surface area contributed by atoms with Crippen LogP contribution in [0.1, 0.15) is 45.1 Å². The molecule has 0 radical (unpaired) electrons. The van der Waals surface area contributed by atoms with E-state index in [1.165, 1.54) is 35.7 Å². The van der Waals surface area contributed by atoms with Crippen LogP contribution in [0, 0.1) is 0 Å². The van der Waals surface area contributed by atoms with Gasteiger partial charge in [-0.3, -0.25) is 0 Å². The maximum absolute atomic E-state index is 5.29. The molecular formula is C16H26BrNO. The minimum Gasteiger partial charge on any atom is -0.497 e. The molecule has 1 aromatic rings. The van der Waals surface area contributed by atoms with Gasteiger partial charge in [0.2, 0.25) is 0 Å². The van der Waals surface area contributed by atoms with Gasteiger partial charge in [-0.2, -0.15) is 0 Å². The fourth-order valence-corrected chi connectivity index (χ4v) is 2.69. The molecule has 0 amide bonds. The van der Waals surface area contributed by atoms with Crippen LogP contribution in [0.25, 0.3) is 0 Å². The van der Waals surface area contributed by atoms with Crippen molar-refractivity contribution in [1.82, 2.24) is 5.32 Å². The van der Waals surface area contributed by atoms with Gasteiger partial charge in [-0.25, -0.2) is 0 Å². The highest BCUT2D eigenvalue weighted by molar-refractivity contribution is 9.10. The molecule has 2 nitrogen and oxygen atoms in total. The van der Waals surface area contributed by atoms with E-state index >= 15 is 0 Å². The molecule has 19 heavy (non-hydrogen) atoms. The number of halogens is 1. The van der Waals surface area contributed by atoms with Gasteiger partial charge in [-0.05, 0) is 56.0 Å². The lowest BCUT2D eigenvalue weighted by Gasteiger charge is -2.18. The standard InChI is InChI=1S/C16H26BrNO/c1-4-6-14(18-11-5-2)8-7-13-12-15(19-3)9-10-16(13)17/h9-10,12,14,18H,4-8,11H2,1-3H3. The summed E-state index contributed by atoms with van der Waals surface area (Å²) >= 11 is 3.63. The van der Waals surface area contributed by atoms with E-state index in [9.17, 15) is 0 Å². The Morgan fingerprint density at radius 1 is 1.21 bits per heavy atom. The van der Waals surface area contributed by atoms with Gasteiger partial charge in [0, 0.05) is 10.5 Å². The first-order chi connectivity index (χ1) is 9.21. The Bertz CT molecular complexity index is 368. The molecule has 0 bridgehead atoms. The molecule has 1 aromatic carbocycles. The van der Waals surface area contributed by atoms with Gasteiger partial charge in [0.1, 0.15) is 5.75 Å². The van der Waals surface area contributed by atoms with Crippen molar-refractivity contribution >= 4 is 15.9 Å². The average molecular weight is 328 g/mol. The SMILES string of the molecule is CCCNC(CCC)CCc1cc(OC)ccc1Br. The minimum atomic E-state index is 0.628. The summed E-state index contributed by atoms with van der Waals surface area (Å²) in [5.41, 5.74) is 1.33. The first kappa shape index (κ1) is 16.5. The number of hydrogen-bond acceptors (Lipinski definition) is 2. The predicted molar refractivity (Wildman–Crippen MR) is 86.0 cm³/mol. The molecule has 1 atom stereocenters. The fraction of sp³-hybridized carbons (Fsp3) is 0.625. The van der Waals surface area contributed by atoms with Gasteiger partial charge in [0.05, 0.1) is 7.11 Å². The minimum absolute atomic E-state index is 0.628. The molecule has 1 rings (SSSR count). The van der Waals surface area contributed by atoms with Gasteiger partial charge in [0.15, 0.2) is 0 Å². The third-order valence-corrected chi connectivity index (χ3v) is 4.11. The van der Waals surface area contributed by atoms with Crippen molar-refractivity contribution in [1.29, 1.82) is 0 Å². The molecule has 0 aliphatic heterocycles. The van der Waals surface area contributed by atoms with Crippen molar-refractivity contribution in [2.45, 2.75) is 52.0 Å². The Labute approximate surface area is 126 Å². The molecule has 0 aliphatic carbocycles. The quantitative estimate of drug-likeness (QED) is 0.717. The van der Waals surface area contributed by atoms with Crippen molar-refractivity contribution in [3.8, 4) is 5.75 Å². The Morgan fingerprint density at radius 3 is 2.63 bits per heavy atom. The summed E-state index contributed by atoms with van der Waals surface area (Å²) in [6, 6.07) is 6.82. The Morgan fingerprint density at radius 2 is 2.00 bits per heavy atom. The van der Waals surface area contributed by atoms with E-state index in [1.807, 2.05) is 6.07 Å². The summed E-state index contributed by atoms with van der Waals surface area (Å²) in [5.74, 6) is 0.937. The number of methoxy groups -OCH3 is 1. The highest BCUT2D eigenvalue weighted by atomic mass is 79.9. The summed E-state index contributed by atoms with van der Waals surface area (Å²) < 4.78 is 6.47. The van der Waals surface area contributed by atoms with Crippen molar-refractivity contribution in [2.75, 3.05) is 13.7 Å². The molecule has 0 saturated carbocycles. The molecule has 0 heterocycles. The fourth-order valence-electron chi connectivity index (χ4n) is 2.24. The second-order valence-electron chi connectivity index (χ2n) is 4.94. The Kier molecular flexibility index (Phi) is 8.15. The van der Waals surface area contributed by atoms with E-state index in [0.717, 1.165) is 18.7 Å². The van der Waals surface area contributed by atoms with E-state index in [-0.39, 0.29) is 0 Å². The van der Waals surface area contributed by atoms with Crippen LogP contribution in [0.15, 0.2) is 22.7 Å². The predicted octanol–water partition coefficient (Wildman–Crippen LogP) is 4.56. The molecule has 1 unspecified atom stereocenters. The van der Waals surface area contributed by atoms with Crippen LogP contribution in [0.3, 0.4) is 0 Å². The second kappa shape index (κ2) is 9.38. The van der Waals surface area contributed by atoms with Crippen molar-refractivity contribution in [2.24, 2.45) is 0 Å². The molecule has 0 spiro atoms. The zero-order valence-corrected chi connectivity index (χ0v) is 13.9. The normalized spacial score (nSPS) is 12.4. The number of ether oxygens (including phenoxy) is 1. The van der Waals surface area contributed by atoms with Crippen LogP contribution < -0.4 is 10.1 Å². The summed E-state index contributed by atoms with van der Waals surface area (Å²) in [4.78, 5) is 0. The van der Waals surface area contributed by atoms with Gasteiger partial charge >= 0.3 is 0 Å². The maximum atomic E-state index is 5.29. The zero-order valence-electron chi connectivity index (χ0n) is 12.3. The van der Waals surface area contributed by atoms with Crippen molar-refractivity contribution < 1.29 is 4.74 Å². The summed E-state index contributed by atoms with van der Waals surface area (Å²) in [6.45, 7) is 5.58. The monoisotopic (exact) mass is 327 g/mol. The molecule has 0 saturated heterocycles. The van der Waals surface area contributed by atoms with Crippen molar-refractivity contribution in [3.05, 3.63) is 28.2 Å². The number of hydrogen-bond donors (Lipinski definition) is 1. The van der Waals surface area contributed by atoms with Crippen LogP contribution in [-0.4, -0.2) is 19.7 Å². The third-order valence-electron chi connectivity index (χ3n) is 3.34. The Balaban J connectivity index is 2.57. The van der Waals surface area contributed by atoms with Crippen LogP contribution in [0.4, 0.5) is 0 Å². The van der Waals surface area contributed by atoms with Crippen LogP contribution in [0.2, 0.25) is 0 Å². The lowest BCUT2D eigenvalue weighted by atomic mass is 10.0. The van der Waals surface area contributed by atoms with E-state index < -0.39 is 0 Å². The number of aryl methyl sites for hydroxylation is 1. The largest absolute Gasteiger partial charge is 0.497 e. The van der Waals surface area contributed by atoms with Crippen molar-refractivity contribution in [3.63, 3.8) is 0 Å². The second-order valence-corrected chi connectivity index (χ2v) is 5.79. The maximum Gasteiger partial charge on any atom is 0.119 e. The summed E-state index contributed by atoms with van der Waals surface area (Å²) in [7, 11) is 1.72. The lowest BCUT2D eigenvalue weighted by Crippen LogP contribution is -2.30. The van der Waals surface area contributed by atoms with Crippen LogP contribution in [-0.2, 0) is 6.42 Å². The smallest absolute Gasteiger partial charge is 0.119 e. The molecule has 0 fully saturated rings. The lowest BCUT2D eigenvalue weighted by molar-refractivity contribution is 0.413. The molecular weight excluding hydrogens is 302 g/mol. The van der Waals surface area contributed by atoms with E-state index in [4.69, 9.17) is 4.74 Å².